The summed E-state index contributed by atoms with van der Waals surface area (Å²) < 4.78 is 0. The lowest BCUT2D eigenvalue weighted by Crippen LogP contribution is -2.38. The zero-order valence-electron chi connectivity index (χ0n) is 11.7. The molecular weight excluding hydrogens is 276 g/mol. The highest BCUT2D eigenvalue weighted by molar-refractivity contribution is 6.02. The quantitative estimate of drug-likeness (QED) is 0.892. The van der Waals surface area contributed by atoms with E-state index in [1.54, 1.807) is 12.3 Å². The number of phenols is 1. The van der Waals surface area contributed by atoms with E-state index in [0.29, 0.717) is 17.0 Å². The first kappa shape index (κ1) is 14.8. The van der Waals surface area contributed by atoms with Gasteiger partial charge in [-0.1, -0.05) is 26.0 Å². The molecule has 2 aliphatic carbocycles. The van der Waals surface area contributed by atoms with Gasteiger partial charge >= 0.3 is 0 Å². The molecule has 2 aromatic rings. The molecule has 0 spiro atoms. The average Bonchev–Trinajstić information content (AvgIpc) is 3.10. The van der Waals surface area contributed by atoms with E-state index in [2.05, 4.69) is 10.3 Å². The maximum Gasteiger partial charge on any atom is 0.255 e. The number of hydrogen-bond acceptors (Lipinski definition) is 3. The van der Waals surface area contributed by atoms with Crippen molar-refractivity contribution in [1.82, 2.24) is 10.3 Å². The molecule has 116 valence electrons. The molecule has 22 heavy (non-hydrogen) atoms. The fourth-order valence-electron chi connectivity index (χ4n) is 3.98. The molecule has 4 heteroatoms. The number of benzene rings is 1. The summed E-state index contributed by atoms with van der Waals surface area (Å²) >= 11 is 0. The van der Waals surface area contributed by atoms with Crippen LogP contribution < -0.4 is 5.32 Å². The van der Waals surface area contributed by atoms with Gasteiger partial charge in [0.05, 0.1) is 5.56 Å². The van der Waals surface area contributed by atoms with E-state index >= 15 is 0 Å². The number of carbonyl (C=O) groups is 1. The van der Waals surface area contributed by atoms with Gasteiger partial charge in [0, 0.05) is 17.6 Å². The Kier molecular flexibility index (Phi) is 3.77. The molecule has 1 heterocycles. The number of phenolic OH excluding ortho intramolecular Hbond substituents is 1. The number of pyridine rings is 1. The van der Waals surface area contributed by atoms with E-state index < -0.39 is 0 Å². The normalized spacial score (nSPS) is 25.9. The molecule has 3 atom stereocenters. The van der Waals surface area contributed by atoms with Gasteiger partial charge in [-0.25, -0.2) is 0 Å². The molecule has 1 aromatic heterocycles. The van der Waals surface area contributed by atoms with Crippen LogP contribution in [0.15, 0.2) is 30.5 Å². The van der Waals surface area contributed by atoms with Crippen molar-refractivity contribution >= 4 is 16.8 Å². The van der Waals surface area contributed by atoms with Crippen LogP contribution in [0.1, 0.15) is 43.5 Å². The molecule has 2 N–H and O–H groups in total. The van der Waals surface area contributed by atoms with Crippen molar-refractivity contribution in [3.8, 4) is 5.75 Å². The Morgan fingerprint density at radius 1 is 1.23 bits per heavy atom. The maximum absolute atomic E-state index is 12.4. The molecular formula is C18H22N2O2. The molecule has 2 fully saturated rings. The van der Waals surface area contributed by atoms with Crippen LogP contribution in [-0.4, -0.2) is 22.0 Å². The SMILES string of the molecule is C.O=C(N[C@@H]1CC2CCC1C2)c1ccc2cccnc2c1O. The summed E-state index contributed by atoms with van der Waals surface area (Å²) in [5.41, 5.74) is 0.807. The fourth-order valence-corrected chi connectivity index (χ4v) is 3.98. The number of carbonyl (C=O) groups excluding carboxylic acids is 1. The molecule has 0 radical (unpaired) electrons. The topological polar surface area (TPSA) is 62.2 Å². The zero-order valence-corrected chi connectivity index (χ0v) is 11.7. The smallest absolute Gasteiger partial charge is 0.255 e. The van der Waals surface area contributed by atoms with Crippen molar-refractivity contribution < 1.29 is 9.90 Å². The van der Waals surface area contributed by atoms with Crippen molar-refractivity contribution in [1.29, 1.82) is 0 Å². The maximum atomic E-state index is 12.4. The highest BCUT2D eigenvalue weighted by Crippen LogP contribution is 2.44. The van der Waals surface area contributed by atoms with Crippen LogP contribution in [-0.2, 0) is 0 Å². The van der Waals surface area contributed by atoms with Crippen LogP contribution in [0.2, 0.25) is 0 Å². The third-order valence-corrected chi connectivity index (χ3v) is 5.05. The Bertz CT molecular complexity index is 713. The van der Waals surface area contributed by atoms with Gasteiger partial charge in [-0.3, -0.25) is 9.78 Å². The van der Waals surface area contributed by atoms with Gasteiger partial charge in [0.1, 0.15) is 5.52 Å². The Morgan fingerprint density at radius 2 is 2.09 bits per heavy atom. The Hall–Kier alpha value is -2.10. The van der Waals surface area contributed by atoms with Crippen molar-refractivity contribution in [2.75, 3.05) is 0 Å². The number of fused-ring (bicyclic) bond motifs is 3. The summed E-state index contributed by atoms with van der Waals surface area (Å²) in [4.78, 5) is 16.6. The largest absolute Gasteiger partial charge is 0.505 e. The van der Waals surface area contributed by atoms with E-state index in [-0.39, 0.29) is 25.1 Å². The number of aromatic nitrogens is 1. The lowest BCUT2D eigenvalue weighted by molar-refractivity contribution is 0.0920. The lowest BCUT2D eigenvalue weighted by Gasteiger charge is -2.23. The summed E-state index contributed by atoms with van der Waals surface area (Å²) in [6.07, 6.45) is 6.49. The van der Waals surface area contributed by atoms with Gasteiger partial charge in [-0.2, -0.15) is 0 Å². The lowest BCUT2D eigenvalue weighted by atomic mass is 9.95. The molecule has 1 aromatic carbocycles. The minimum absolute atomic E-state index is 0. The minimum atomic E-state index is -0.183. The van der Waals surface area contributed by atoms with Crippen molar-refractivity contribution in [3.63, 3.8) is 0 Å². The van der Waals surface area contributed by atoms with Crippen molar-refractivity contribution in [2.45, 2.75) is 39.2 Å². The number of rotatable bonds is 2. The number of nitrogens with zero attached hydrogens (tertiary/aromatic N) is 1. The van der Waals surface area contributed by atoms with Crippen molar-refractivity contribution in [3.05, 3.63) is 36.0 Å². The predicted octanol–water partition coefficient (Wildman–Crippen LogP) is 3.49. The Labute approximate surface area is 130 Å². The van der Waals surface area contributed by atoms with Gasteiger partial charge in [-0.15, -0.1) is 0 Å². The average molecular weight is 298 g/mol. The van der Waals surface area contributed by atoms with Gasteiger partial charge in [0.2, 0.25) is 0 Å². The first-order chi connectivity index (χ1) is 10.2. The van der Waals surface area contributed by atoms with Crippen molar-refractivity contribution in [2.24, 2.45) is 11.8 Å². The van der Waals surface area contributed by atoms with Gasteiger partial charge in [0.25, 0.3) is 5.91 Å². The van der Waals surface area contributed by atoms with Crippen LogP contribution in [0.25, 0.3) is 10.9 Å². The first-order valence-corrected chi connectivity index (χ1v) is 7.60. The molecule has 2 saturated carbocycles. The molecule has 2 unspecified atom stereocenters. The van der Waals surface area contributed by atoms with Gasteiger partial charge in [-0.05, 0) is 43.2 Å². The van der Waals surface area contributed by atoms with E-state index in [9.17, 15) is 9.90 Å². The van der Waals surface area contributed by atoms with E-state index in [0.717, 1.165) is 17.7 Å². The number of amides is 1. The molecule has 2 bridgehead atoms. The number of hydrogen-bond donors (Lipinski definition) is 2. The summed E-state index contributed by atoms with van der Waals surface area (Å²) in [6.45, 7) is 0. The summed E-state index contributed by atoms with van der Waals surface area (Å²) in [6, 6.07) is 7.48. The van der Waals surface area contributed by atoms with Gasteiger partial charge < -0.3 is 10.4 Å². The first-order valence-electron chi connectivity index (χ1n) is 7.60. The summed E-state index contributed by atoms with van der Waals surface area (Å²) in [5.74, 6) is 1.21. The number of nitrogens with one attached hydrogen (secondary N) is 1. The van der Waals surface area contributed by atoms with Crippen LogP contribution in [0.3, 0.4) is 0 Å². The highest BCUT2D eigenvalue weighted by Gasteiger charge is 2.40. The van der Waals surface area contributed by atoms with E-state index in [1.807, 2.05) is 18.2 Å². The number of aromatic hydroxyl groups is 1. The van der Waals surface area contributed by atoms with Crippen LogP contribution >= 0.6 is 0 Å². The predicted molar refractivity (Wildman–Crippen MR) is 86.8 cm³/mol. The molecule has 4 nitrogen and oxygen atoms in total. The zero-order chi connectivity index (χ0) is 14.4. The second-order valence-electron chi connectivity index (χ2n) is 6.29. The van der Waals surface area contributed by atoms with E-state index in [1.165, 1.54) is 19.3 Å². The molecule has 0 saturated heterocycles. The fraction of sp³-hybridized carbons (Fsp3) is 0.444. The minimum Gasteiger partial charge on any atom is -0.505 e. The van der Waals surface area contributed by atoms with Gasteiger partial charge in [0.15, 0.2) is 5.75 Å². The third-order valence-electron chi connectivity index (χ3n) is 5.05. The summed E-state index contributed by atoms with van der Waals surface area (Å²) in [5, 5.41) is 14.2. The van der Waals surface area contributed by atoms with Crippen LogP contribution in [0.5, 0.6) is 5.75 Å². The van der Waals surface area contributed by atoms with Crippen LogP contribution in [0.4, 0.5) is 0 Å². The molecule has 0 aliphatic heterocycles. The van der Waals surface area contributed by atoms with Crippen LogP contribution in [0, 0.1) is 11.8 Å². The van der Waals surface area contributed by atoms with E-state index in [4.69, 9.17) is 0 Å². The molecule has 2 aliphatic rings. The molecule has 1 amide bonds. The highest BCUT2D eigenvalue weighted by atomic mass is 16.3. The molecule has 4 rings (SSSR count). The third kappa shape index (κ3) is 2.32. The second-order valence-corrected chi connectivity index (χ2v) is 6.29. The Balaban J connectivity index is 0.00000144. The monoisotopic (exact) mass is 298 g/mol. The second kappa shape index (κ2) is 5.59. The summed E-state index contributed by atoms with van der Waals surface area (Å²) in [7, 11) is 0. The Morgan fingerprint density at radius 3 is 2.82 bits per heavy atom. The standard InChI is InChI=1S/C17H18N2O2.CH4/c20-16-13(6-5-11-2-1-7-18-15(11)16)17(21)19-14-9-10-3-4-12(14)8-10;/h1-2,5-7,10,12,14,20H,3-4,8-9H2,(H,19,21);1H4/t10?,12?,14-;/m1./s1.